The maximum absolute atomic E-state index is 13.8. The van der Waals surface area contributed by atoms with Crippen LogP contribution in [0.1, 0.15) is 42.1 Å². The van der Waals surface area contributed by atoms with Crippen LogP contribution in [0.4, 0.5) is 44.1 Å². The Morgan fingerprint density at radius 1 is 1.21 bits per heavy atom. The number of sulfonamides is 1. The fraction of sp³-hybridized carbons (Fsp3) is 0.500. The van der Waals surface area contributed by atoms with Gasteiger partial charge >= 0.3 is 27.4 Å². The van der Waals surface area contributed by atoms with Crippen molar-refractivity contribution in [1.29, 1.82) is 0 Å². The van der Waals surface area contributed by atoms with Gasteiger partial charge in [-0.25, -0.2) is 4.79 Å². The normalized spacial score (nSPS) is 16.4. The number of ketones is 1. The zero-order valence-corrected chi connectivity index (χ0v) is 21.7. The maximum Gasteiger partial charge on any atom is 0.471 e. The summed E-state index contributed by atoms with van der Waals surface area (Å²) in [6, 6.07) is 2.01. The molecule has 0 aliphatic carbocycles. The molecule has 1 unspecified atom stereocenters. The smallest absolute Gasteiger partial charge is 0.461 e. The van der Waals surface area contributed by atoms with Gasteiger partial charge in [0.25, 0.3) is 5.13 Å². The highest BCUT2D eigenvalue weighted by Gasteiger charge is 2.67. The fourth-order valence-corrected chi connectivity index (χ4v) is 5.03. The summed E-state index contributed by atoms with van der Waals surface area (Å²) in [5.74, 6) is -0.910. The maximum atomic E-state index is 13.8. The number of esters is 1. The van der Waals surface area contributed by atoms with Gasteiger partial charge in [0.2, 0.25) is 5.01 Å². The molecular formula is C20H21F5N6O5S2. The Morgan fingerprint density at radius 3 is 2.50 bits per heavy atom. The molecule has 2 aromatic rings. The molecule has 0 saturated heterocycles. The Bertz CT molecular complexity index is 1360. The van der Waals surface area contributed by atoms with Crippen LogP contribution >= 0.6 is 11.3 Å². The molecule has 0 spiro atoms. The number of halogens is 5. The number of nitrogens with one attached hydrogen (secondary N) is 1. The molecule has 0 fully saturated rings. The minimum Gasteiger partial charge on any atom is -0.461 e. The quantitative estimate of drug-likeness (QED) is 0.253. The van der Waals surface area contributed by atoms with Gasteiger partial charge in [-0.2, -0.15) is 30.4 Å². The molecule has 208 valence electrons. The number of carbonyl (C=O) groups excluding carboxylic acids is 2. The Kier molecular flexibility index (Phi) is 8.35. The molecule has 3 rings (SSSR count). The second kappa shape index (κ2) is 10.8. The minimum atomic E-state index is -6.39. The van der Waals surface area contributed by atoms with E-state index in [1.165, 1.54) is 17.7 Å². The highest BCUT2D eigenvalue weighted by molar-refractivity contribution is 7.93. The van der Waals surface area contributed by atoms with E-state index in [0.717, 1.165) is 6.07 Å². The first-order valence-electron chi connectivity index (χ1n) is 10.9. The van der Waals surface area contributed by atoms with Gasteiger partial charge in [0.15, 0.2) is 0 Å². The summed E-state index contributed by atoms with van der Waals surface area (Å²) < 4.78 is 96.4. The summed E-state index contributed by atoms with van der Waals surface area (Å²) in [5.41, 5.74) is -0.260. The van der Waals surface area contributed by atoms with Crippen molar-refractivity contribution in [3.63, 3.8) is 0 Å². The first kappa shape index (κ1) is 29.3. The lowest BCUT2D eigenvalue weighted by Gasteiger charge is -2.36. The summed E-state index contributed by atoms with van der Waals surface area (Å²) in [4.78, 5) is 25.0. The van der Waals surface area contributed by atoms with E-state index in [9.17, 15) is 40.0 Å². The van der Waals surface area contributed by atoms with Crippen molar-refractivity contribution in [1.82, 2.24) is 10.2 Å². The number of aromatic nitrogens is 2. The van der Waals surface area contributed by atoms with Crippen LogP contribution in [-0.2, 0) is 26.0 Å². The molecule has 18 heteroatoms. The third-order valence-corrected chi connectivity index (χ3v) is 7.60. The second-order valence-electron chi connectivity index (χ2n) is 8.14. The standard InChI is InChI=1S/C20H21F5N6O5S2/c1-4-36-17(33)16-27-29-18(37-16)28-26-13-8-11-5-6-12(7-10(2)32)31(3)15(11)9-14(13)30-38(34,35)20(24,25)19(21,22)23/h8-9,12,30H,4-7H2,1-3H3. The van der Waals surface area contributed by atoms with E-state index in [1.54, 1.807) is 18.9 Å². The summed E-state index contributed by atoms with van der Waals surface area (Å²) >= 11 is 0.657. The Labute approximate surface area is 217 Å². The molecule has 1 aromatic carbocycles. The number of benzene rings is 1. The second-order valence-corrected chi connectivity index (χ2v) is 10.8. The van der Waals surface area contributed by atoms with E-state index in [-0.39, 0.29) is 35.0 Å². The first-order valence-corrected chi connectivity index (χ1v) is 13.2. The molecule has 1 aliphatic heterocycles. The van der Waals surface area contributed by atoms with Crippen molar-refractivity contribution in [2.24, 2.45) is 10.2 Å². The lowest BCUT2D eigenvalue weighted by molar-refractivity contribution is -0.241. The van der Waals surface area contributed by atoms with E-state index < -0.39 is 38.8 Å². The third-order valence-electron chi connectivity index (χ3n) is 5.41. The Hall–Kier alpha value is -3.28. The molecule has 0 bridgehead atoms. The van der Waals surface area contributed by atoms with Crippen molar-refractivity contribution >= 4 is 55.3 Å². The van der Waals surface area contributed by atoms with Crippen LogP contribution in [0.5, 0.6) is 0 Å². The number of alkyl halides is 5. The van der Waals surface area contributed by atoms with Gasteiger partial charge < -0.3 is 9.64 Å². The topological polar surface area (TPSA) is 143 Å². The predicted molar refractivity (Wildman–Crippen MR) is 126 cm³/mol. The van der Waals surface area contributed by atoms with Gasteiger partial charge in [-0.1, -0.05) is 11.3 Å². The number of hydrogen-bond acceptors (Lipinski definition) is 11. The van der Waals surface area contributed by atoms with Crippen LogP contribution in [0.25, 0.3) is 0 Å². The lowest BCUT2D eigenvalue weighted by atomic mass is 9.93. The van der Waals surface area contributed by atoms with Crippen molar-refractivity contribution in [3.05, 3.63) is 22.7 Å². The molecule has 1 aliphatic rings. The van der Waals surface area contributed by atoms with Crippen LogP contribution in [0.2, 0.25) is 0 Å². The van der Waals surface area contributed by atoms with Crippen LogP contribution < -0.4 is 9.62 Å². The highest BCUT2D eigenvalue weighted by Crippen LogP contribution is 2.44. The molecule has 0 saturated carbocycles. The monoisotopic (exact) mass is 584 g/mol. The van der Waals surface area contributed by atoms with Crippen molar-refractivity contribution < 1.29 is 44.7 Å². The Morgan fingerprint density at radius 2 is 1.89 bits per heavy atom. The number of rotatable bonds is 9. The lowest BCUT2D eigenvalue weighted by Crippen LogP contribution is -2.47. The number of fused-ring (bicyclic) bond motifs is 1. The number of aryl methyl sites for hydroxylation is 1. The fourth-order valence-electron chi connectivity index (χ4n) is 3.59. The molecule has 2 heterocycles. The number of carbonyl (C=O) groups is 2. The number of Topliss-reactive ketones (excluding diaryl/α,β-unsaturated/α-hetero) is 1. The van der Waals surface area contributed by atoms with Crippen LogP contribution in [0.15, 0.2) is 22.4 Å². The molecule has 38 heavy (non-hydrogen) atoms. The number of hydrogen-bond donors (Lipinski definition) is 1. The van der Waals surface area contributed by atoms with Crippen molar-refractivity contribution in [2.75, 3.05) is 23.3 Å². The molecular weight excluding hydrogens is 563 g/mol. The van der Waals surface area contributed by atoms with Crippen LogP contribution in [0.3, 0.4) is 0 Å². The van der Waals surface area contributed by atoms with Crippen LogP contribution in [-0.4, -0.2) is 61.5 Å². The minimum absolute atomic E-state index is 0.0676. The number of nitrogens with zero attached hydrogens (tertiary/aromatic N) is 5. The molecule has 1 aromatic heterocycles. The average Bonchev–Trinajstić information content (AvgIpc) is 3.28. The van der Waals surface area contributed by atoms with E-state index >= 15 is 0 Å². The summed E-state index contributed by atoms with van der Waals surface area (Å²) in [6.07, 6.45) is -5.37. The largest absolute Gasteiger partial charge is 0.471 e. The molecule has 0 amide bonds. The summed E-state index contributed by atoms with van der Waals surface area (Å²) in [5, 5.41) is 8.19. The predicted octanol–water partition coefficient (Wildman–Crippen LogP) is 4.76. The molecule has 1 N–H and O–H groups in total. The third kappa shape index (κ3) is 6.06. The van der Waals surface area contributed by atoms with Crippen molar-refractivity contribution in [3.8, 4) is 0 Å². The highest BCUT2D eigenvalue weighted by atomic mass is 32.2. The van der Waals surface area contributed by atoms with E-state index in [1.807, 2.05) is 0 Å². The average molecular weight is 585 g/mol. The number of azo groups is 1. The Balaban J connectivity index is 2.06. The zero-order chi connectivity index (χ0) is 28.5. The molecule has 0 radical (unpaired) electrons. The van der Waals surface area contributed by atoms with E-state index in [0.29, 0.717) is 35.4 Å². The van der Waals surface area contributed by atoms with Gasteiger partial charge in [-0.3, -0.25) is 9.52 Å². The van der Waals surface area contributed by atoms with Crippen molar-refractivity contribution in [2.45, 2.75) is 50.6 Å². The summed E-state index contributed by atoms with van der Waals surface area (Å²) in [6.45, 7) is 3.02. The van der Waals surface area contributed by atoms with Gasteiger partial charge in [0.05, 0.1) is 12.3 Å². The van der Waals surface area contributed by atoms with Crippen LogP contribution in [0, 0.1) is 0 Å². The van der Waals surface area contributed by atoms with E-state index in [2.05, 4.69) is 20.4 Å². The van der Waals surface area contributed by atoms with Gasteiger partial charge in [0.1, 0.15) is 11.5 Å². The van der Waals surface area contributed by atoms with Gasteiger partial charge in [-0.15, -0.1) is 20.4 Å². The molecule has 1 atom stereocenters. The number of anilines is 2. The first-order chi connectivity index (χ1) is 17.6. The van der Waals surface area contributed by atoms with E-state index in [4.69, 9.17) is 4.74 Å². The van der Waals surface area contributed by atoms with Gasteiger partial charge in [0, 0.05) is 25.2 Å². The molecule has 11 nitrogen and oxygen atoms in total. The zero-order valence-electron chi connectivity index (χ0n) is 20.0. The SMILES string of the molecule is CCOC(=O)c1nnc(N=Nc2cc3c(cc2NS(=O)(=O)C(F)(F)C(F)(F)F)N(C)C(CC(C)=O)CC3)s1. The number of ether oxygens (including phenoxy) is 1. The van der Waals surface area contributed by atoms with Gasteiger partial charge in [-0.05, 0) is 44.4 Å². The summed E-state index contributed by atoms with van der Waals surface area (Å²) in [7, 11) is -4.76.